The summed E-state index contributed by atoms with van der Waals surface area (Å²) in [4.78, 5) is 0. The number of hydrogen-bond acceptors (Lipinski definition) is 2. The third kappa shape index (κ3) is 46.8. The van der Waals surface area contributed by atoms with Crippen LogP contribution in [0.4, 0.5) is 0 Å². The van der Waals surface area contributed by atoms with Gasteiger partial charge in [0.25, 0.3) is 0 Å². The van der Waals surface area contributed by atoms with Gasteiger partial charge in [-0.05, 0) is 12.8 Å². The zero-order chi connectivity index (χ0) is 11.1. The molecule has 0 fully saturated rings. The average molecular weight is 338 g/mol. The molecule has 0 aromatic heterocycles. The van der Waals surface area contributed by atoms with Crippen molar-refractivity contribution in [2.45, 2.75) is 65.2 Å². The first-order valence-electron chi connectivity index (χ1n) is 6.05. The van der Waals surface area contributed by atoms with Crippen LogP contribution in [0.15, 0.2) is 0 Å². The number of hydrogen-bond donors (Lipinski definition) is 2. The summed E-state index contributed by atoms with van der Waals surface area (Å²) in [6.45, 7) is 4.98. The molecule has 0 aliphatic rings. The zero-order valence-corrected chi connectivity index (χ0v) is 17.3. The van der Waals surface area contributed by atoms with Gasteiger partial charge < -0.3 is 10.2 Å². The zero-order valence-electron chi connectivity index (χ0n) is 11.9. The Morgan fingerprint density at radius 1 is 0.647 bits per heavy atom. The molecule has 0 aliphatic heterocycles. The van der Waals surface area contributed by atoms with E-state index < -0.39 is 0 Å². The minimum atomic E-state index is 0. The molecule has 1 atom stereocenters. The molecule has 0 radical (unpaired) electrons. The third-order valence-corrected chi connectivity index (χ3v) is 2.02. The monoisotopic (exact) mass is 336 g/mol. The minimum absolute atomic E-state index is 0. The van der Waals surface area contributed by atoms with Crippen LogP contribution < -0.4 is 0 Å². The van der Waals surface area contributed by atoms with Gasteiger partial charge in [-0.2, -0.15) is 23.4 Å². The maximum absolute atomic E-state index is 8.42. The van der Waals surface area contributed by atoms with Crippen LogP contribution in [0.1, 0.15) is 65.2 Å². The van der Waals surface area contributed by atoms with Gasteiger partial charge in [0.05, 0.1) is 0 Å². The van der Waals surface area contributed by atoms with Crippen molar-refractivity contribution in [3.63, 3.8) is 0 Å². The summed E-state index contributed by atoms with van der Waals surface area (Å²) in [5.41, 5.74) is 0. The third-order valence-electron chi connectivity index (χ3n) is 2.02. The molecule has 106 valence electrons. The Morgan fingerprint density at radius 2 is 1.00 bits per heavy atom. The Labute approximate surface area is 131 Å². The van der Waals surface area contributed by atoms with Crippen LogP contribution in [0.2, 0.25) is 0 Å². The van der Waals surface area contributed by atoms with Gasteiger partial charge in [0.15, 0.2) is 0 Å². The van der Waals surface area contributed by atoms with Crippen molar-refractivity contribution < 1.29 is 29.7 Å². The molecule has 2 N–H and O–H groups in total. The molecule has 0 aromatic rings. The summed E-state index contributed by atoms with van der Waals surface area (Å²) in [5, 5.41) is 16.5. The molecule has 2 nitrogen and oxygen atoms in total. The van der Waals surface area contributed by atoms with E-state index in [9.17, 15) is 0 Å². The Balaban J connectivity index is -0.0000000533. The van der Waals surface area contributed by atoms with E-state index in [-0.39, 0.29) is 42.9 Å². The second-order valence-electron chi connectivity index (χ2n) is 3.57. The number of aliphatic hydroxyl groups excluding tert-OH is 2. The van der Waals surface area contributed by atoms with E-state index in [2.05, 4.69) is 13.8 Å². The van der Waals surface area contributed by atoms with E-state index in [1.54, 1.807) is 0 Å². The average Bonchev–Trinajstić information content (AvgIpc) is 2.20. The Morgan fingerprint density at radius 3 is 1.29 bits per heavy atom. The molecule has 0 aromatic carbocycles. The number of unbranched alkanes of at least 4 members (excludes halogenated alkanes) is 6. The van der Waals surface area contributed by atoms with Gasteiger partial charge in [0, 0.05) is 32.7 Å². The molecule has 5 heteroatoms. The van der Waals surface area contributed by atoms with Crippen molar-refractivity contribution in [3.05, 3.63) is 0 Å². The quantitative estimate of drug-likeness (QED) is 0.405. The maximum Gasteiger partial charge on any atom is 0.0431 e. The number of aliphatic hydroxyl groups is 2. The first-order valence-corrected chi connectivity index (χ1v) is 6.05. The van der Waals surface area contributed by atoms with Crippen LogP contribution in [-0.4, -0.2) is 23.4 Å². The smallest absolute Gasteiger partial charge is 0.0431 e. The molecule has 0 amide bonds. The molecule has 0 rings (SSSR count). The fourth-order valence-corrected chi connectivity index (χ4v) is 1.05. The van der Waals surface area contributed by atoms with Crippen molar-refractivity contribution in [1.29, 1.82) is 0 Å². The Bertz CT molecular complexity index is 82.9. The van der Waals surface area contributed by atoms with E-state index in [1.807, 2.05) is 0 Å². The van der Waals surface area contributed by atoms with Crippen molar-refractivity contribution in [2.24, 2.45) is 0 Å². The van der Waals surface area contributed by atoms with Gasteiger partial charge in [-0.25, -0.2) is 0 Å². The first-order chi connectivity index (χ1) is 6.83. The van der Waals surface area contributed by atoms with Crippen molar-refractivity contribution in [2.75, 3.05) is 13.2 Å². The van der Waals surface area contributed by atoms with E-state index in [0.717, 1.165) is 19.3 Å². The number of rotatable bonds is 8. The molecule has 0 aliphatic carbocycles. The van der Waals surface area contributed by atoms with Crippen molar-refractivity contribution in [3.8, 4) is 0 Å². The minimum Gasteiger partial charge on any atom is -0.396 e. The molecule has 0 bridgehead atoms. The van der Waals surface area contributed by atoms with Gasteiger partial charge in [0.2, 0.25) is 0 Å². The molecule has 0 heterocycles. The van der Waals surface area contributed by atoms with Gasteiger partial charge in [-0.15, -0.1) is 0 Å². The topological polar surface area (TPSA) is 40.5 Å². The van der Waals surface area contributed by atoms with Gasteiger partial charge in [-0.3, -0.25) is 0 Å². The predicted molar refractivity (Wildman–Crippen MR) is 83.9 cm³/mol. The van der Waals surface area contributed by atoms with Crippen LogP contribution in [0.25, 0.3) is 0 Å². The summed E-state index contributed by atoms with van der Waals surface area (Å²) in [5.74, 6) is 0. The van der Waals surface area contributed by atoms with Gasteiger partial charge in [0.1, 0.15) is 0 Å². The second-order valence-corrected chi connectivity index (χ2v) is 3.57. The van der Waals surface area contributed by atoms with Gasteiger partial charge >= 0.3 is 0 Å². The molecular formula is C12H33O2PSZn. The predicted octanol–water partition coefficient (Wildman–Crippen LogP) is 3.29. The maximum atomic E-state index is 8.42. The second kappa shape index (κ2) is 36.0. The van der Waals surface area contributed by atoms with E-state index in [1.165, 1.54) is 32.1 Å². The SMILES string of the molecule is CCCCCCCCO.CCCCO.P.S.[Zn]. The normalized spacial score (nSPS) is 7.76. The van der Waals surface area contributed by atoms with Crippen molar-refractivity contribution >= 4 is 23.4 Å². The molecule has 0 saturated carbocycles. The summed E-state index contributed by atoms with van der Waals surface area (Å²) in [6.07, 6.45) is 9.53. The van der Waals surface area contributed by atoms with Crippen molar-refractivity contribution in [1.82, 2.24) is 0 Å². The largest absolute Gasteiger partial charge is 0.396 e. The van der Waals surface area contributed by atoms with E-state index in [4.69, 9.17) is 10.2 Å². The molecule has 17 heavy (non-hydrogen) atoms. The van der Waals surface area contributed by atoms with Crippen LogP contribution in [-0.2, 0) is 19.5 Å². The molecule has 1 unspecified atom stereocenters. The standard InChI is InChI=1S/C8H18O.C4H10O.H3P.H2S.Zn/c1-2-3-4-5-6-7-8-9;1-2-3-4-5;;;/h9H,2-8H2,1H3;5H,2-4H2,1H3;1H3;1H2;. The summed E-state index contributed by atoms with van der Waals surface area (Å²) >= 11 is 0. The van der Waals surface area contributed by atoms with Crippen LogP contribution in [0, 0.1) is 0 Å². The van der Waals surface area contributed by atoms with E-state index >= 15 is 0 Å². The van der Waals surface area contributed by atoms with Crippen LogP contribution in [0.5, 0.6) is 0 Å². The fraction of sp³-hybridized carbons (Fsp3) is 1.00. The Hall–Kier alpha value is 1.32. The fourth-order valence-electron chi connectivity index (χ4n) is 1.05. The molecule has 0 spiro atoms. The summed E-state index contributed by atoms with van der Waals surface area (Å²) in [6, 6.07) is 0. The first kappa shape index (κ1) is 31.0. The molecular weight excluding hydrogens is 305 g/mol. The van der Waals surface area contributed by atoms with E-state index in [0.29, 0.717) is 13.2 Å². The molecule has 0 saturated heterocycles. The summed E-state index contributed by atoms with van der Waals surface area (Å²) < 4.78 is 0. The van der Waals surface area contributed by atoms with Gasteiger partial charge in [-0.1, -0.05) is 52.4 Å². The summed E-state index contributed by atoms with van der Waals surface area (Å²) in [7, 11) is 0. The Kier molecular flexibility index (Phi) is 65.6. The van der Waals surface area contributed by atoms with Crippen LogP contribution >= 0.6 is 23.4 Å². The van der Waals surface area contributed by atoms with Crippen LogP contribution in [0.3, 0.4) is 0 Å².